The fourth-order valence-electron chi connectivity index (χ4n) is 10.4. The summed E-state index contributed by atoms with van der Waals surface area (Å²) in [5.74, 6) is 1.84. The average molecular weight is 820 g/mol. The summed E-state index contributed by atoms with van der Waals surface area (Å²) in [5, 5.41) is 7.90. The van der Waals surface area contributed by atoms with E-state index in [9.17, 15) is 0 Å². The normalized spacial score (nSPS) is 13.2. The average Bonchev–Trinajstić information content (AvgIpc) is 3.85. The summed E-state index contributed by atoms with van der Waals surface area (Å²) in [7, 11) is -2.89. The zero-order chi connectivity index (χ0) is 41.5. The fraction of sp³-hybridized carbons (Fsp3) is 0. The molecule has 0 unspecified atom stereocenters. The molecule has 4 heterocycles. The Morgan fingerprint density at radius 2 is 0.841 bits per heavy atom. The molecule has 0 atom stereocenters. The number of para-hydroxylation sites is 3. The van der Waals surface area contributed by atoms with Crippen LogP contribution < -0.4 is 25.6 Å². The second-order valence-corrected chi connectivity index (χ2v) is 20.0. The molecule has 2 aromatic heterocycles. The lowest BCUT2D eigenvalue weighted by Gasteiger charge is -2.43. The molecule has 0 amide bonds. The van der Waals surface area contributed by atoms with Gasteiger partial charge < -0.3 is 4.57 Å². The zero-order valence-electron chi connectivity index (χ0n) is 34.1. The highest BCUT2D eigenvalue weighted by atomic mass is 28.3. The highest BCUT2D eigenvalue weighted by Crippen LogP contribution is 2.43. The minimum atomic E-state index is -2.89. The predicted octanol–water partition coefficient (Wildman–Crippen LogP) is 11.1. The van der Waals surface area contributed by atoms with Gasteiger partial charge in [0.25, 0.3) is 0 Å². The van der Waals surface area contributed by atoms with Crippen LogP contribution in [-0.2, 0) is 0 Å². The number of aromatic nitrogens is 4. The molecule has 0 bridgehead atoms. The van der Waals surface area contributed by atoms with Gasteiger partial charge in [-0.15, -0.1) is 0 Å². The van der Waals surface area contributed by atoms with E-state index in [2.05, 4.69) is 198 Å². The summed E-state index contributed by atoms with van der Waals surface area (Å²) in [5.41, 5.74) is 12.5. The Hall–Kier alpha value is -8.19. The van der Waals surface area contributed by atoms with Crippen molar-refractivity contribution >= 4 is 67.9 Å². The molecule has 2 aliphatic rings. The van der Waals surface area contributed by atoms with Crippen molar-refractivity contribution in [2.24, 2.45) is 0 Å². The molecule has 13 rings (SSSR count). The SMILES string of the molecule is c1ccc(-c2nc(-c3ccccc3)nc(N3c4ccccc4[Si]4(c5ccccc5-c5ccccc54)c4ccc(-c5ccc6c(c5)c5ccccc5n6-c5ccccc5)cc43)n2)cc1. The maximum absolute atomic E-state index is 5.38. The van der Waals surface area contributed by atoms with Crippen molar-refractivity contribution in [3.8, 4) is 50.7 Å². The summed E-state index contributed by atoms with van der Waals surface area (Å²) >= 11 is 0. The molecule has 0 saturated heterocycles. The van der Waals surface area contributed by atoms with Crippen LogP contribution in [0.2, 0.25) is 0 Å². The second-order valence-electron chi connectivity index (χ2n) is 16.4. The third kappa shape index (κ3) is 5.25. The topological polar surface area (TPSA) is 46.8 Å². The first-order valence-electron chi connectivity index (χ1n) is 21.5. The lowest BCUT2D eigenvalue weighted by molar-refractivity contribution is 1.02. The molecule has 9 aromatic carbocycles. The Labute approximate surface area is 365 Å². The molecular formula is C57H37N5Si. The molecule has 0 aliphatic carbocycles. The minimum Gasteiger partial charge on any atom is -0.309 e. The quantitative estimate of drug-likeness (QED) is 0.162. The first-order chi connectivity index (χ1) is 31.3. The van der Waals surface area contributed by atoms with E-state index in [0.717, 1.165) is 39.3 Å². The monoisotopic (exact) mass is 819 g/mol. The van der Waals surface area contributed by atoms with Crippen molar-refractivity contribution in [2.45, 2.75) is 0 Å². The van der Waals surface area contributed by atoms with Crippen molar-refractivity contribution in [1.29, 1.82) is 0 Å². The first-order valence-corrected chi connectivity index (χ1v) is 23.5. The van der Waals surface area contributed by atoms with Crippen LogP contribution in [0.3, 0.4) is 0 Å². The van der Waals surface area contributed by atoms with Gasteiger partial charge in [-0.25, -0.2) is 4.98 Å². The molecule has 6 heteroatoms. The Morgan fingerprint density at radius 3 is 1.52 bits per heavy atom. The maximum Gasteiger partial charge on any atom is 0.238 e. The van der Waals surface area contributed by atoms with E-state index < -0.39 is 8.07 Å². The van der Waals surface area contributed by atoms with Crippen LogP contribution in [0.4, 0.5) is 17.3 Å². The van der Waals surface area contributed by atoms with Gasteiger partial charge in [0.1, 0.15) is 0 Å². The van der Waals surface area contributed by atoms with Gasteiger partial charge in [0, 0.05) is 33.3 Å². The Morgan fingerprint density at radius 1 is 0.333 bits per heavy atom. The molecular weight excluding hydrogens is 783 g/mol. The summed E-state index contributed by atoms with van der Waals surface area (Å²) in [6, 6.07) is 81.2. The second kappa shape index (κ2) is 13.9. The third-order valence-corrected chi connectivity index (χ3v) is 18.0. The van der Waals surface area contributed by atoms with E-state index in [4.69, 9.17) is 15.0 Å². The third-order valence-electron chi connectivity index (χ3n) is 13.1. The van der Waals surface area contributed by atoms with Crippen LogP contribution >= 0.6 is 0 Å². The summed E-state index contributed by atoms with van der Waals surface area (Å²) < 4.78 is 2.37. The van der Waals surface area contributed by atoms with E-state index in [1.807, 2.05) is 36.4 Å². The van der Waals surface area contributed by atoms with Crippen LogP contribution in [0.25, 0.3) is 72.5 Å². The maximum atomic E-state index is 5.38. The zero-order valence-corrected chi connectivity index (χ0v) is 35.1. The Bertz CT molecular complexity index is 3480. The van der Waals surface area contributed by atoms with E-state index in [1.54, 1.807) is 0 Å². The van der Waals surface area contributed by atoms with E-state index in [0.29, 0.717) is 17.6 Å². The fourth-order valence-corrected chi connectivity index (χ4v) is 15.9. The highest BCUT2D eigenvalue weighted by Gasteiger charge is 2.54. The van der Waals surface area contributed by atoms with Crippen molar-refractivity contribution in [1.82, 2.24) is 19.5 Å². The molecule has 294 valence electrons. The molecule has 2 aliphatic heterocycles. The van der Waals surface area contributed by atoms with Crippen molar-refractivity contribution in [3.05, 3.63) is 224 Å². The van der Waals surface area contributed by atoms with E-state index in [1.165, 1.54) is 53.7 Å². The van der Waals surface area contributed by atoms with Crippen LogP contribution in [0.5, 0.6) is 0 Å². The molecule has 63 heavy (non-hydrogen) atoms. The van der Waals surface area contributed by atoms with Gasteiger partial charge in [0.05, 0.1) is 16.7 Å². The number of nitrogens with zero attached hydrogens (tertiary/aromatic N) is 5. The van der Waals surface area contributed by atoms with E-state index in [-0.39, 0.29) is 0 Å². The molecule has 0 N–H and O–H groups in total. The van der Waals surface area contributed by atoms with Crippen LogP contribution in [0.1, 0.15) is 0 Å². The molecule has 5 nitrogen and oxygen atoms in total. The predicted molar refractivity (Wildman–Crippen MR) is 261 cm³/mol. The van der Waals surface area contributed by atoms with Crippen LogP contribution in [-0.4, -0.2) is 27.6 Å². The van der Waals surface area contributed by atoms with Gasteiger partial charge in [0.15, 0.2) is 19.7 Å². The summed E-state index contributed by atoms with van der Waals surface area (Å²) in [6.07, 6.45) is 0. The van der Waals surface area contributed by atoms with E-state index >= 15 is 0 Å². The van der Waals surface area contributed by atoms with Crippen LogP contribution in [0, 0.1) is 0 Å². The van der Waals surface area contributed by atoms with Gasteiger partial charge in [-0.05, 0) is 85.5 Å². The number of benzene rings is 9. The molecule has 11 aromatic rings. The van der Waals surface area contributed by atoms with Gasteiger partial charge in [-0.2, -0.15) is 9.97 Å². The van der Waals surface area contributed by atoms with Gasteiger partial charge in [-0.3, -0.25) is 4.90 Å². The van der Waals surface area contributed by atoms with Crippen molar-refractivity contribution in [3.63, 3.8) is 0 Å². The van der Waals surface area contributed by atoms with Crippen LogP contribution in [0.15, 0.2) is 224 Å². The van der Waals surface area contributed by atoms with Crippen molar-refractivity contribution in [2.75, 3.05) is 4.90 Å². The Balaban J connectivity index is 1.10. The number of rotatable bonds is 5. The summed E-state index contributed by atoms with van der Waals surface area (Å²) in [6.45, 7) is 0. The van der Waals surface area contributed by atoms with Gasteiger partial charge in [0.2, 0.25) is 5.95 Å². The van der Waals surface area contributed by atoms with Gasteiger partial charge >= 0.3 is 0 Å². The van der Waals surface area contributed by atoms with Gasteiger partial charge in [-0.1, -0.05) is 182 Å². The highest BCUT2D eigenvalue weighted by molar-refractivity contribution is 7.23. The number of hydrogen-bond donors (Lipinski definition) is 0. The molecule has 0 fully saturated rings. The largest absolute Gasteiger partial charge is 0.309 e. The molecule has 0 saturated carbocycles. The smallest absolute Gasteiger partial charge is 0.238 e. The number of fused-ring (bicyclic) bond motifs is 12. The first kappa shape index (κ1) is 35.6. The lowest BCUT2D eigenvalue weighted by Crippen LogP contribution is -2.75. The standard InChI is InChI=1S/C57H37N5Si/c1-4-18-38(19-5-1)55-58-56(39-20-6-2-7-21-39)60-57(59-55)62-49-28-14-17-31-53(49)63(51-29-15-11-25-44(51)45-26-12-16-30-52(45)63)54-35-33-41(37-50(54)62)40-32-34-48-46(36-40)43-24-10-13-27-47(43)61(48)42-22-8-3-9-23-42/h1-37H. The van der Waals surface area contributed by atoms with Crippen molar-refractivity contribution < 1.29 is 0 Å². The minimum absolute atomic E-state index is 0.582. The lowest BCUT2D eigenvalue weighted by atomic mass is 10.0. The molecule has 0 radical (unpaired) electrons. The number of hydrogen-bond acceptors (Lipinski definition) is 4. The Kier molecular flexibility index (Phi) is 7.86. The number of anilines is 3. The summed E-state index contributed by atoms with van der Waals surface area (Å²) in [4.78, 5) is 18.2. The molecule has 1 spiro atoms.